The molecule has 1 unspecified atom stereocenters. The molecule has 6 aromatic carbocycles. The molecule has 2 aromatic heterocycles. The Labute approximate surface area is 387 Å². The molecule has 4 nitrogen and oxygen atoms in total. The van der Waals surface area contributed by atoms with E-state index in [1.807, 2.05) is 57.3 Å². The van der Waals surface area contributed by atoms with E-state index in [2.05, 4.69) is 183 Å². The first-order valence-corrected chi connectivity index (χ1v) is 25.2. The van der Waals surface area contributed by atoms with Gasteiger partial charge in [-0.05, 0) is 81.4 Å². The molecule has 1 aliphatic rings. The Hall–Kier alpha value is -5.26. The van der Waals surface area contributed by atoms with Crippen LogP contribution in [0.15, 0.2) is 146 Å². The van der Waals surface area contributed by atoms with Gasteiger partial charge in [0.1, 0.15) is 0 Å². The SMILES string of the molecule is CC(C)c1cccc(C(C)C)c1N1c2ccccc2[N-]C1c1[c-]cc2c(c1)c1ccccc1n2-c1ccccc1.[2H]C([2H])(c1cc(-c2[c-]cccc2)ncc1[Si](C)(C)C)C(C)(C)C.[Ir+3]. The van der Waals surface area contributed by atoms with E-state index in [1.165, 1.54) is 33.1 Å². The van der Waals surface area contributed by atoms with E-state index in [4.69, 9.17) is 8.06 Å². The maximum Gasteiger partial charge on any atom is 3.00 e. The summed E-state index contributed by atoms with van der Waals surface area (Å²) < 4.78 is 19.8. The zero-order valence-corrected chi connectivity index (χ0v) is 41.1. The van der Waals surface area contributed by atoms with E-state index in [9.17, 15) is 0 Å². The minimum Gasteiger partial charge on any atom is -0.661 e. The molecule has 0 saturated heterocycles. The van der Waals surface area contributed by atoms with Crippen molar-refractivity contribution < 1.29 is 22.8 Å². The molecule has 316 valence electrons. The van der Waals surface area contributed by atoms with Gasteiger partial charge >= 0.3 is 20.1 Å². The molecule has 0 aliphatic carbocycles. The minimum atomic E-state index is -1.70. The standard InChI is InChI=1S/C37H33N3.C19H26NSi.Ir/c1-24(2)28-16-12-17-29(25(3)4)36(28)40-35-20-11-9-18-32(35)38-37(40)26-21-22-34-31(23-26)30-15-8-10-19-33(30)39(34)27-13-6-5-7-14-27;1-19(2,3)13-16-12-17(15-10-8-7-9-11-15)20-14-18(16)21(4,5)6;/h5-20,22-25,37H,1-4H3;7-10,12,14H,13H2,1-6H3;/q-2;-1;+3/i;13D2;. The third-order valence-electron chi connectivity index (χ3n) is 11.4. The predicted octanol–water partition coefficient (Wildman–Crippen LogP) is 15.4. The smallest absolute Gasteiger partial charge is 0.661 e. The summed E-state index contributed by atoms with van der Waals surface area (Å²) in [6.07, 6.45) is 0.272. The summed E-state index contributed by atoms with van der Waals surface area (Å²) in [4.78, 5) is 7.07. The Morgan fingerprint density at radius 3 is 2.06 bits per heavy atom. The molecule has 0 bridgehead atoms. The predicted molar refractivity (Wildman–Crippen MR) is 263 cm³/mol. The van der Waals surface area contributed by atoms with Crippen LogP contribution in [0.1, 0.15) is 91.5 Å². The van der Waals surface area contributed by atoms with Gasteiger partial charge in [-0.2, -0.15) is 23.8 Å². The van der Waals surface area contributed by atoms with Gasteiger partial charge in [-0.3, -0.25) is 0 Å². The summed E-state index contributed by atoms with van der Waals surface area (Å²) in [5.74, 6) is 0.773. The fraction of sp³-hybridized carbons (Fsp3) is 0.268. The van der Waals surface area contributed by atoms with E-state index in [-0.39, 0.29) is 26.3 Å². The molecule has 0 fully saturated rings. The molecule has 1 aliphatic heterocycles. The number of hydrogen-bond acceptors (Lipinski definition) is 2. The van der Waals surface area contributed by atoms with Crippen LogP contribution in [-0.2, 0) is 26.5 Å². The third kappa shape index (κ3) is 9.11. The topological polar surface area (TPSA) is 35.2 Å². The van der Waals surface area contributed by atoms with Crippen molar-refractivity contribution >= 4 is 52.1 Å². The van der Waals surface area contributed by atoms with E-state index in [1.54, 1.807) is 0 Å². The molecule has 0 spiro atoms. The summed E-state index contributed by atoms with van der Waals surface area (Å²) in [6.45, 7) is 21.7. The number of nitrogens with zero attached hydrogens (tertiary/aromatic N) is 4. The molecule has 1 atom stereocenters. The Morgan fingerprint density at radius 1 is 0.742 bits per heavy atom. The van der Waals surface area contributed by atoms with Gasteiger partial charge in [-0.25, -0.2) is 0 Å². The van der Waals surface area contributed by atoms with Crippen molar-refractivity contribution in [1.29, 1.82) is 0 Å². The quantitative estimate of drug-likeness (QED) is 0.112. The van der Waals surface area contributed by atoms with Crippen molar-refractivity contribution in [2.24, 2.45) is 5.41 Å². The number of para-hydroxylation sites is 5. The zero-order valence-electron chi connectivity index (χ0n) is 39.7. The number of benzene rings is 6. The Morgan fingerprint density at radius 2 is 1.40 bits per heavy atom. The van der Waals surface area contributed by atoms with Crippen molar-refractivity contribution in [3.8, 4) is 16.9 Å². The maximum absolute atomic E-state index is 8.75. The van der Waals surface area contributed by atoms with Crippen LogP contribution in [0, 0.1) is 17.5 Å². The van der Waals surface area contributed by atoms with E-state index in [0.717, 1.165) is 50.1 Å². The number of pyridine rings is 1. The first kappa shape index (κ1) is 42.1. The summed E-state index contributed by atoms with van der Waals surface area (Å²) in [5, 5.41) is 8.88. The molecule has 0 amide bonds. The van der Waals surface area contributed by atoms with Crippen LogP contribution < -0.4 is 10.1 Å². The van der Waals surface area contributed by atoms with Gasteiger partial charge < -0.3 is 19.8 Å². The van der Waals surface area contributed by atoms with Gasteiger partial charge in [0.05, 0.1) is 8.07 Å². The first-order chi connectivity index (χ1) is 30.0. The number of fused-ring (bicyclic) bond motifs is 4. The van der Waals surface area contributed by atoms with Crippen molar-refractivity contribution in [2.45, 2.75) is 92.5 Å². The fourth-order valence-corrected chi connectivity index (χ4v) is 9.93. The molecule has 62 heavy (non-hydrogen) atoms. The van der Waals surface area contributed by atoms with Crippen LogP contribution in [0.2, 0.25) is 19.6 Å². The first-order valence-electron chi connectivity index (χ1n) is 22.7. The monoisotopic (exact) mass is 1010 g/mol. The zero-order chi connectivity index (χ0) is 44.8. The van der Waals surface area contributed by atoms with Crippen LogP contribution in [0.5, 0.6) is 0 Å². The molecule has 3 heterocycles. The molecular weight excluding hydrogens is 949 g/mol. The van der Waals surface area contributed by atoms with Gasteiger partial charge in [0.25, 0.3) is 0 Å². The van der Waals surface area contributed by atoms with Crippen molar-refractivity contribution in [3.63, 3.8) is 0 Å². The largest absolute Gasteiger partial charge is 3.00 e. The molecule has 9 rings (SSSR count). The fourth-order valence-electron chi connectivity index (χ4n) is 8.53. The van der Waals surface area contributed by atoms with E-state index < -0.39 is 19.9 Å². The van der Waals surface area contributed by atoms with Gasteiger partial charge in [0.15, 0.2) is 0 Å². The second-order valence-electron chi connectivity index (χ2n) is 18.8. The summed E-state index contributed by atoms with van der Waals surface area (Å²) >= 11 is 0. The molecule has 8 aromatic rings. The van der Waals surface area contributed by atoms with Crippen molar-refractivity contribution in [2.75, 3.05) is 4.90 Å². The van der Waals surface area contributed by atoms with Crippen LogP contribution in [0.3, 0.4) is 0 Å². The maximum atomic E-state index is 8.75. The second-order valence-corrected chi connectivity index (χ2v) is 23.9. The molecular formula is C56H59IrN4Si. The van der Waals surface area contributed by atoms with E-state index >= 15 is 0 Å². The molecule has 6 heteroatoms. The average molecular weight is 1010 g/mol. The van der Waals surface area contributed by atoms with Gasteiger partial charge in [0, 0.05) is 31.5 Å². The van der Waals surface area contributed by atoms with Gasteiger partial charge in [-0.1, -0.05) is 158 Å². The Balaban J connectivity index is 0.000000219. The Bertz CT molecular complexity index is 2870. The number of aromatic nitrogens is 2. The van der Waals surface area contributed by atoms with Crippen molar-refractivity contribution in [3.05, 3.63) is 185 Å². The second kappa shape index (κ2) is 18.2. The summed E-state index contributed by atoms with van der Waals surface area (Å²) in [5.41, 5.74) is 12.7. The van der Waals surface area contributed by atoms with Crippen LogP contribution in [0.25, 0.3) is 44.1 Å². The van der Waals surface area contributed by atoms with Crippen LogP contribution >= 0.6 is 0 Å². The normalized spacial score (nSPS) is 14.5. The van der Waals surface area contributed by atoms with E-state index in [0.29, 0.717) is 11.8 Å². The molecule has 0 radical (unpaired) electrons. The third-order valence-corrected chi connectivity index (χ3v) is 13.4. The molecule has 0 saturated carbocycles. The summed E-state index contributed by atoms with van der Waals surface area (Å²) in [6, 6.07) is 55.6. The van der Waals surface area contributed by atoms with Crippen molar-refractivity contribution in [1.82, 2.24) is 9.55 Å². The van der Waals surface area contributed by atoms with Gasteiger partial charge in [-0.15, -0.1) is 47.0 Å². The number of hydrogen-bond donors (Lipinski definition) is 0. The Kier molecular flexibility index (Phi) is 12.4. The minimum absolute atomic E-state index is 0. The molecule has 0 N–H and O–H groups in total. The van der Waals surface area contributed by atoms with Gasteiger partial charge in [0.2, 0.25) is 0 Å². The summed E-state index contributed by atoms with van der Waals surface area (Å²) in [7, 11) is -1.70. The average Bonchev–Trinajstić information content (AvgIpc) is 3.82. The number of anilines is 2. The number of rotatable bonds is 8. The van der Waals surface area contributed by atoms with Crippen LogP contribution in [-0.4, -0.2) is 17.6 Å². The van der Waals surface area contributed by atoms with Crippen LogP contribution in [0.4, 0.5) is 17.1 Å².